The van der Waals surface area contributed by atoms with Gasteiger partial charge >= 0.3 is 5.97 Å². The van der Waals surface area contributed by atoms with Gasteiger partial charge in [0.25, 0.3) is 0 Å². The normalized spacial score (nSPS) is 11.6. The van der Waals surface area contributed by atoms with E-state index in [1.165, 1.54) is 26.2 Å². The molecule has 0 aliphatic heterocycles. The van der Waals surface area contributed by atoms with E-state index in [-0.39, 0.29) is 11.3 Å². The molecule has 0 aliphatic carbocycles. The topological polar surface area (TPSA) is 72.8 Å². The Morgan fingerprint density at radius 2 is 2.19 bits per heavy atom. The molecule has 0 saturated carbocycles. The number of carbonyl (C=O) groups is 2. The molecule has 0 saturated heterocycles. The van der Waals surface area contributed by atoms with E-state index in [2.05, 4.69) is 0 Å². The van der Waals surface area contributed by atoms with Gasteiger partial charge in [-0.3, -0.25) is 4.79 Å². The molecule has 0 fully saturated rings. The monoisotopic (exact) mass is 224 g/mol. The molecule has 0 spiro atoms. The van der Waals surface area contributed by atoms with Gasteiger partial charge in [-0.2, -0.15) is 0 Å². The van der Waals surface area contributed by atoms with Crippen LogP contribution in [0.3, 0.4) is 0 Å². The van der Waals surface area contributed by atoms with E-state index in [4.69, 9.17) is 14.6 Å². The Balaban J connectivity index is 2.99. The maximum absolute atomic E-state index is 10.7. The van der Waals surface area contributed by atoms with Gasteiger partial charge in [-0.1, -0.05) is 0 Å². The molecule has 1 aromatic rings. The van der Waals surface area contributed by atoms with Crippen LogP contribution in [-0.2, 0) is 4.79 Å². The fourth-order valence-corrected chi connectivity index (χ4v) is 1.08. The minimum absolute atomic E-state index is 0.198. The molecule has 0 unspecified atom stereocenters. The van der Waals surface area contributed by atoms with E-state index >= 15 is 0 Å². The van der Waals surface area contributed by atoms with Crippen LogP contribution in [0.2, 0.25) is 0 Å². The van der Waals surface area contributed by atoms with Crippen LogP contribution in [0.15, 0.2) is 18.2 Å². The van der Waals surface area contributed by atoms with Gasteiger partial charge in [-0.15, -0.1) is 0 Å². The Kier molecular flexibility index (Phi) is 3.88. The van der Waals surface area contributed by atoms with Crippen LogP contribution in [0.5, 0.6) is 11.5 Å². The van der Waals surface area contributed by atoms with Crippen molar-refractivity contribution in [1.29, 1.82) is 0 Å². The van der Waals surface area contributed by atoms with Gasteiger partial charge in [-0.25, -0.2) is 4.79 Å². The number of carboxylic acid groups (broad SMARTS) is 1. The summed E-state index contributed by atoms with van der Waals surface area (Å²) in [4.78, 5) is 21.3. The highest BCUT2D eigenvalue weighted by atomic mass is 16.5. The first-order valence-corrected chi connectivity index (χ1v) is 4.61. The summed E-state index contributed by atoms with van der Waals surface area (Å²) < 4.78 is 10.1. The van der Waals surface area contributed by atoms with Crippen LogP contribution < -0.4 is 9.47 Å². The van der Waals surface area contributed by atoms with E-state index < -0.39 is 12.1 Å². The zero-order valence-corrected chi connectivity index (χ0v) is 8.97. The summed E-state index contributed by atoms with van der Waals surface area (Å²) in [6.07, 6.45) is -0.422. The summed E-state index contributed by atoms with van der Waals surface area (Å²) in [6.45, 7) is 1.39. The third-order valence-corrected chi connectivity index (χ3v) is 2.00. The van der Waals surface area contributed by atoms with E-state index in [9.17, 15) is 9.59 Å². The average molecular weight is 224 g/mol. The van der Waals surface area contributed by atoms with E-state index in [0.29, 0.717) is 12.0 Å². The second-order valence-corrected chi connectivity index (χ2v) is 3.12. The maximum Gasteiger partial charge on any atom is 0.344 e. The highest BCUT2D eigenvalue weighted by molar-refractivity contribution is 5.80. The molecule has 1 N–H and O–H groups in total. The van der Waals surface area contributed by atoms with Gasteiger partial charge in [0.2, 0.25) is 0 Å². The summed E-state index contributed by atoms with van der Waals surface area (Å²) in [5.74, 6) is -0.401. The van der Waals surface area contributed by atoms with Crippen LogP contribution in [0.1, 0.15) is 17.3 Å². The summed E-state index contributed by atoms with van der Waals surface area (Å²) >= 11 is 0. The van der Waals surface area contributed by atoms with Crippen LogP contribution in [0.4, 0.5) is 0 Å². The van der Waals surface area contributed by atoms with Gasteiger partial charge < -0.3 is 14.6 Å². The number of hydrogen-bond acceptors (Lipinski definition) is 4. The zero-order valence-electron chi connectivity index (χ0n) is 8.97. The first kappa shape index (κ1) is 12.0. The molecule has 5 nitrogen and oxygen atoms in total. The van der Waals surface area contributed by atoms with Crippen LogP contribution >= 0.6 is 0 Å². The van der Waals surface area contributed by atoms with E-state index in [1.807, 2.05) is 0 Å². The largest absolute Gasteiger partial charge is 0.497 e. The fraction of sp³-hybridized carbons (Fsp3) is 0.273. The average Bonchev–Trinajstić information content (AvgIpc) is 2.28. The van der Waals surface area contributed by atoms with E-state index in [0.717, 1.165) is 0 Å². The van der Waals surface area contributed by atoms with Gasteiger partial charge in [0.05, 0.1) is 12.7 Å². The smallest absolute Gasteiger partial charge is 0.344 e. The van der Waals surface area contributed by atoms with Gasteiger partial charge in [0, 0.05) is 6.07 Å². The van der Waals surface area contributed by atoms with Crippen molar-refractivity contribution in [2.45, 2.75) is 13.0 Å². The lowest BCUT2D eigenvalue weighted by Crippen LogP contribution is -2.23. The number of aliphatic carboxylic acids is 1. The molecule has 0 amide bonds. The Morgan fingerprint density at radius 1 is 1.50 bits per heavy atom. The highest BCUT2D eigenvalue weighted by Crippen LogP contribution is 2.24. The zero-order chi connectivity index (χ0) is 12.1. The predicted octanol–water partition coefficient (Wildman–Crippen LogP) is 1.36. The SMILES string of the molecule is COc1ccc(C=O)c(O[C@H](C)C(=O)O)c1. The number of rotatable bonds is 5. The van der Waals surface area contributed by atoms with Gasteiger partial charge in [0.1, 0.15) is 11.5 Å². The number of carboxylic acids is 1. The summed E-state index contributed by atoms with van der Waals surface area (Å²) in [5, 5.41) is 8.69. The molecular weight excluding hydrogens is 212 g/mol. The lowest BCUT2D eigenvalue weighted by molar-refractivity contribution is -0.144. The molecule has 0 heterocycles. The van der Waals surface area contributed by atoms with Crippen LogP contribution in [0, 0.1) is 0 Å². The van der Waals surface area contributed by atoms with Crippen LogP contribution in [-0.4, -0.2) is 30.6 Å². The first-order valence-electron chi connectivity index (χ1n) is 4.61. The second-order valence-electron chi connectivity index (χ2n) is 3.12. The molecule has 0 bridgehead atoms. The summed E-state index contributed by atoms with van der Waals surface area (Å²) in [7, 11) is 1.47. The van der Waals surface area contributed by atoms with Crippen molar-refractivity contribution in [3.05, 3.63) is 23.8 Å². The second kappa shape index (κ2) is 5.16. The standard InChI is InChI=1S/C11H12O5/c1-7(11(13)14)16-10-5-9(15-2)4-3-8(10)6-12/h3-7H,1-2H3,(H,13,14)/t7-/m1/s1. The van der Waals surface area contributed by atoms with Gasteiger partial charge in [0.15, 0.2) is 12.4 Å². The lowest BCUT2D eigenvalue weighted by Gasteiger charge is -2.12. The van der Waals surface area contributed by atoms with Crippen LogP contribution in [0.25, 0.3) is 0 Å². The molecular formula is C11H12O5. The minimum Gasteiger partial charge on any atom is -0.497 e. The fourth-order valence-electron chi connectivity index (χ4n) is 1.08. The molecule has 1 atom stereocenters. The molecule has 0 aliphatic rings. The lowest BCUT2D eigenvalue weighted by atomic mass is 10.2. The molecule has 1 rings (SSSR count). The van der Waals surface area contributed by atoms with Crippen molar-refractivity contribution in [2.24, 2.45) is 0 Å². The van der Waals surface area contributed by atoms with Crippen molar-refractivity contribution in [3.8, 4) is 11.5 Å². The summed E-state index contributed by atoms with van der Waals surface area (Å²) in [5.41, 5.74) is 0.286. The number of benzene rings is 1. The third-order valence-electron chi connectivity index (χ3n) is 2.00. The number of aldehydes is 1. The van der Waals surface area contributed by atoms with Crippen molar-refractivity contribution < 1.29 is 24.2 Å². The molecule has 1 aromatic carbocycles. The molecule has 0 aromatic heterocycles. The predicted molar refractivity (Wildman–Crippen MR) is 56.1 cm³/mol. The van der Waals surface area contributed by atoms with Crippen molar-refractivity contribution in [2.75, 3.05) is 7.11 Å². The Labute approximate surface area is 92.6 Å². The van der Waals surface area contributed by atoms with E-state index in [1.54, 1.807) is 6.07 Å². The number of hydrogen-bond donors (Lipinski definition) is 1. The molecule has 86 valence electrons. The quantitative estimate of drug-likeness (QED) is 0.764. The Morgan fingerprint density at radius 3 is 2.69 bits per heavy atom. The maximum atomic E-state index is 10.7. The Hall–Kier alpha value is -2.04. The highest BCUT2D eigenvalue weighted by Gasteiger charge is 2.15. The number of carbonyl (C=O) groups excluding carboxylic acids is 1. The third kappa shape index (κ3) is 2.73. The Bertz CT molecular complexity index is 399. The molecule has 0 radical (unpaired) electrons. The molecule has 16 heavy (non-hydrogen) atoms. The van der Waals surface area contributed by atoms with Crippen molar-refractivity contribution >= 4 is 12.3 Å². The van der Waals surface area contributed by atoms with Gasteiger partial charge in [-0.05, 0) is 19.1 Å². The first-order chi connectivity index (χ1) is 7.58. The minimum atomic E-state index is -1.10. The number of methoxy groups -OCH3 is 1. The van der Waals surface area contributed by atoms with Crippen molar-refractivity contribution in [3.63, 3.8) is 0 Å². The summed E-state index contributed by atoms with van der Waals surface area (Å²) in [6, 6.07) is 4.58. The molecule has 5 heteroatoms. The number of ether oxygens (including phenoxy) is 2. The van der Waals surface area contributed by atoms with Crippen molar-refractivity contribution in [1.82, 2.24) is 0 Å².